The molecule has 9 rings (SSSR count). The Morgan fingerprint density at radius 2 is 1.73 bits per heavy atom. The molecular formula is C40H50FN15O4. The van der Waals surface area contributed by atoms with Gasteiger partial charge >= 0.3 is 6.03 Å². The number of nitrogens with one attached hydrogen (secondary N) is 2. The predicted molar refractivity (Wildman–Crippen MR) is 221 cm³/mol. The number of pyridine rings is 1. The third-order valence-corrected chi connectivity index (χ3v) is 12.6. The summed E-state index contributed by atoms with van der Waals surface area (Å²) in [5.41, 5.74) is 7.75. The van der Waals surface area contributed by atoms with Crippen LogP contribution in [0.15, 0.2) is 30.3 Å². The third kappa shape index (κ3) is 7.70. The van der Waals surface area contributed by atoms with Crippen LogP contribution in [0.5, 0.6) is 0 Å². The van der Waals surface area contributed by atoms with E-state index in [9.17, 15) is 19.2 Å². The summed E-state index contributed by atoms with van der Waals surface area (Å²) in [4.78, 5) is 71.2. The zero-order valence-corrected chi connectivity index (χ0v) is 33.9. The summed E-state index contributed by atoms with van der Waals surface area (Å²) in [5, 5.41) is 19.3. The molecule has 3 atom stereocenters. The number of carbonyl (C=O) groups excluding carboxylic acids is 4. The summed E-state index contributed by atoms with van der Waals surface area (Å²) in [6.07, 6.45) is 3.48. The molecule has 3 aromatic heterocycles. The fourth-order valence-electron chi connectivity index (χ4n) is 9.34. The van der Waals surface area contributed by atoms with Gasteiger partial charge in [-0.15, -0.1) is 10.2 Å². The van der Waals surface area contributed by atoms with Crippen LogP contribution in [-0.2, 0) is 16.6 Å². The first-order valence-electron chi connectivity index (χ1n) is 20.8. The third-order valence-electron chi connectivity index (χ3n) is 12.6. The number of likely N-dealkylation sites (N-methyl/N-ethyl adjacent to an activating group) is 1. The van der Waals surface area contributed by atoms with Crippen molar-refractivity contribution in [2.75, 3.05) is 99.1 Å². The van der Waals surface area contributed by atoms with E-state index in [2.05, 4.69) is 45.6 Å². The van der Waals surface area contributed by atoms with Crippen molar-refractivity contribution in [1.29, 1.82) is 0 Å². The molecule has 5 aliphatic heterocycles. The van der Waals surface area contributed by atoms with Crippen LogP contribution in [0.3, 0.4) is 0 Å². The van der Waals surface area contributed by atoms with Gasteiger partial charge in [0, 0.05) is 104 Å². The van der Waals surface area contributed by atoms with Gasteiger partial charge in [0.25, 0.3) is 5.91 Å². The summed E-state index contributed by atoms with van der Waals surface area (Å²) in [6, 6.07) is 8.89. The van der Waals surface area contributed by atoms with Crippen LogP contribution in [0.25, 0.3) is 11.0 Å². The minimum Gasteiger partial charge on any atom is -0.367 e. The topological polar surface area (TPSA) is 207 Å². The summed E-state index contributed by atoms with van der Waals surface area (Å²) in [6.45, 7) is 8.20. The van der Waals surface area contributed by atoms with E-state index < -0.39 is 17.6 Å². The number of aryl methyl sites for hydroxylation is 1. The number of nitrogens with zero attached hydrogens (tertiary/aromatic N) is 12. The highest BCUT2D eigenvalue weighted by Crippen LogP contribution is 2.33. The molecule has 2 unspecified atom stereocenters. The lowest BCUT2D eigenvalue weighted by Gasteiger charge is -2.37. The fourth-order valence-corrected chi connectivity index (χ4v) is 9.34. The quantitative estimate of drug-likeness (QED) is 0.195. The van der Waals surface area contributed by atoms with Gasteiger partial charge in [0.1, 0.15) is 11.6 Å². The molecule has 0 radical (unpaired) electrons. The first-order valence-corrected chi connectivity index (χ1v) is 20.8. The number of fused-ring (bicyclic) bond motifs is 1. The molecule has 20 heteroatoms. The molecule has 8 heterocycles. The second kappa shape index (κ2) is 16.1. The van der Waals surface area contributed by atoms with Crippen molar-refractivity contribution < 1.29 is 23.6 Å². The van der Waals surface area contributed by atoms with Gasteiger partial charge in [-0.1, -0.05) is 0 Å². The molecule has 0 aliphatic carbocycles. The van der Waals surface area contributed by atoms with E-state index in [0.29, 0.717) is 86.7 Å². The highest BCUT2D eigenvalue weighted by atomic mass is 19.1. The van der Waals surface area contributed by atoms with E-state index in [4.69, 9.17) is 10.7 Å². The van der Waals surface area contributed by atoms with Crippen LogP contribution in [0.1, 0.15) is 54.2 Å². The Bertz CT molecular complexity index is 2330. The van der Waals surface area contributed by atoms with Crippen LogP contribution in [0, 0.1) is 11.7 Å². The number of anilines is 5. The highest BCUT2D eigenvalue weighted by molar-refractivity contribution is 6.02. The lowest BCUT2D eigenvalue weighted by atomic mass is 9.93. The smallest absolute Gasteiger partial charge is 0.320 e. The molecule has 0 saturated carbocycles. The maximum Gasteiger partial charge on any atom is 0.320 e. The Morgan fingerprint density at radius 1 is 0.900 bits per heavy atom. The predicted octanol–water partition coefficient (Wildman–Crippen LogP) is 1.64. The Balaban J connectivity index is 0.793. The summed E-state index contributed by atoms with van der Waals surface area (Å²) < 4.78 is 17.5. The maximum absolute atomic E-state index is 15.8. The minimum atomic E-state index is -0.809. The van der Waals surface area contributed by atoms with E-state index in [1.54, 1.807) is 28.8 Å². The van der Waals surface area contributed by atoms with Crippen LogP contribution < -0.4 is 31.1 Å². The number of primary amides is 1. The fraction of sp³-hybridized carbons (Fsp3) is 0.525. The number of nitrogens with two attached hydrogens (primary N) is 1. The minimum absolute atomic E-state index is 0.00644. The lowest BCUT2D eigenvalue weighted by molar-refractivity contribution is -0.134. The summed E-state index contributed by atoms with van der Waals surface area (Å²) in [7, 11) is 3.63. The van der Waals surface area contributed by atoms with Crippen LogP contribution in [-0.4, -0.2) is 153 Å². The largest absolute Gasteiger partial charge is 0.367 e. The van der Waals surface area contributed by atoms with Gasteiger partial charge in [-0.05, 0) is 61.9 Å². The molecule has 0 bridgehead atoms. The van der Waals surface area contributed by atoms with Gasteiger partial charge in [0.15, 0.2) is 17.2 Å². The number of urea groups is 1. The van der Waals surface area contributed by atoms with E-state index in [1.807, 2.05) is 29.0 Å². The van der Waals surface area contributed by atoms with Gasteiger partial charge < -0.3 is 35.6 Å². The zero-order valence-electron chi connectivity index (χ0n) is 33.9. The van der Waals surface area contributed by atoms with Gasteiger partial charge in [-0.25, -0.2) is 14.2 Å². The maximum atomic E-state index is 15.8. The molecule has 19 nitrogen and oxygen atoms in total. The normalized spacial score (nSPS) is 22.9. The molecule has 4 N–H and O–H groups in total. The average Bonchev–Trinajstić information content (AvgIpc) is 3.94. The van der Waals surface area contributed by atoms with Crippen LogP contribution in [0.2, 0.25) is 0 Å². The Morgan fingerprint density at radius 3 is 2.48 bits per heavy atom. The van der Waals surface area contributed by atoms with Crippen molar-refractivity contribution in [3.8, 4) is 0 Å². The van der Waals surface area contributed by atoms with E-state index in [-0.39, 0.29) is 35.4 Å². The molecule has 1 aromatic carbocycles. The van der Waals surface area contributed by atoms with Crippen molar-refractivity contribution in [2.24, 2.45) is 18.7 Å². The van der Waals surface area contributed by atoms with Crippen molar-refractivity contribution in [1.82, 2.24) is 50.0 Å². The molecule has 316 valence electrons. The van der Waals surface area contributed by atoms with E-state index in [1.165, 1.54) is 6.07 Å². The van der Waals surface area contributed by atoms with Crippen molar-refractivity contribution >= 4 is 63.7 Å². The molecule has 5 saturated heterocycles. The number of piperazine rings is 1. The molecule has 5 amide bonds. The Kier molecular flexibility index (Phi) is 10.6. The number of piperidine rings is 2. The number of hydrogen-bond acceptors (Lipinski definition) is 14. The molecule has 4 aromatic rings. The molecule has 60 heavy (non-hydrogen) atoms. The number of rotatable bonds is 10. The lowest BCUT2D eigenvalue weighted by Crippen LogP contribution is -2.49. The van der Waals surface area contributed by atoms with Gasteiger partial charge in [-0.3, -0.25) is 29.3 Å². The van der Waals surface area contributed by atoms with E-state index in [0.717, 1.165) is 63.2 Å². The number of carbonyl (C=O) groups is 4. The van der Waals surface area contributed by atoms with Crippen molar-refractivity contribution in [3.63, 3.8) is 0 Å². The molecular weight excluding hydrogens is 774 g/mol. The number of amides is 5. The Hall–Kier alpha value is -6.18. The molecule has 5 fully saturated rings. The van der Waals surface area contributed by atoms with Gasteiger partial charge in [0.2, 0.25) is 17.8 Å². The number of imide groups is 1. The number of benzene rings is 1. The van der Waals surface area contributed by atoms with Crippen molar-refractivity contribution in [2.45, 2.75) is 44.1 Å². The molecule has 5 aliphatic rings. The van der Waals surface area contributed by atoms with Gasteiger partial charge in [0.05, 0.1) is 23.3 Å². The monoisotopic (exact) mass is 823 g/mol. The summed E-state index contributed by atoms with van der Waals surface area (Å²) in [5.74, 6) is -0.512. The SMILES string of the molecule is CN1CCN([C@@H]2CCCN(c3nnc(C(N)=O)c(Nc4ccc(N5CCN(CC6CCN(c7ccc8c(C9CCC(=O)NC9=O)nn(C)c8n7)C6)CC5)c(F)c4)n3)C2)C1=O. The first-order chi connectivity index (χ1) is 29.0. The van der Waals surface area contributed by atoms with E-state index >= 15 is 4.39 Å². The number of halogens is 1. The number of hydrogen-bond donors (Lipinski definition) is 3. The second-order valence-electron chi connectivity index (χ2n) is 16.5. The number of aromatic nitrogens is 6. The van der Waals surface area contributed by atoms with Crippen LogP contribution in [0.4, 0.5) is 38.1 Å². The second-order valence-corrected chi connectivity index (χ2v) is 16.5. The standard InChI is InChI=1S/C40H50FN15O4/c1-50-14-19-56(40(50)60)26-4-3-12-55(23-26)39-46-36(34(35(42)58)47-48-39)43-25-5-8-30(29(41)20-25)53-17-15-52(16-18-53)21-24-11-13-54(22-24)31-9-6-27-33(49-51(2)37(27)44-31)28-7-10-32(57)45-38(28)59/h5-6,8-9,20,24,26,28H,3-4,7,10-19,21-23H2,1-2H3,(H2,42,58)(H,43,46,48)(H,45,57,59)/t24?,26-,28?/m1/s1. The van der Waals surface area contributed by atoms with Crippen LogP contribution >= 0.6 is 0 Å². The summed E-state index contributed by atoms with van der Waals surface area (Å²) >= 11 is 0. The first kappa shape index (κ1) is 39.3. The highest BCUT2D eigenvalue weighted by Gasteiger charge is 2.36. The average molecular weight is 824 g/mol. The molecule has 0 spiro atoms. The Labute approximate surface area is 346 Å². The van der Waals surface area contributed by atoms with Crippen molar-refractivity contribution in [3.05, 3.63) is 47.5 Å². The van der Waals surface area contributed by atoms with Gasteiger partial charge in [-0.2, -0.15) is 10.1 Å². The zero-order chi connectivity index (χ0) is 41.7.